The van der Waals surface area contributed by atoms with Gasteiger partial charge in [-0.2, -0.15) is 0 Å². The predicted molar refractivity (Wildman–Crippen MR) is 308 cm³/mol. The van der Waals surface area contributed by atoms with E-state index in [1.54, 1.807) is 0 Å². The van der Waals surface area contributed by atoms with E-state index in [1.165, 1.54) is 94.4 Å². The molecule has 0 N–H and O–H groups in total. The fourth-order valence-corrected chi connectivity index (χ4v) is 15.0. The number of benzene rings is 8. The molecule has 72 heavy (non-hydrogen) atoms. The zero-order valence-corrected chi connectivity index (χ0v) is 44.0. The van der Waals surface area contributed by atoms with Crippen molar-refractivity contribution in [3.8, 4) is 33.6 Å². The first kappa shape index (κ1) is 39.0. The van der Waals surface area contributed by atoms with Crippen molar-refractivity contribution in [2.24, 2.45) is 0 Å². The molecule has 2 aromatic heterocycles. The van der Waals surface area contributed by atoms with Gasteiger partial charge in [-0.3, -0.25) is 0 Å². The largest absolute Gasteiger partial charge is 0.310 e. The Labute approximate surface area is 431 Å². The normalized spacial score (nSPS) is 18.1. The molecule has 15 rings (SSSR count). The molecule has 5 aliphatic rings. The van der Waals surface area contributed by atoms with E-state index in [0.717, 1.165) is 67.7 Å². The van der Waals surface area contributed by atoms with Crippen LogP contribution in [0.4, 0.5) is 0 Å². The molecule has 0 amide bonds. The molecular weight excluding hydrogens is 868 g/mol. The monoisotopic (exact) mass is 937 g/mol. The summed E-state index contributed by atoms with van der Waals surface area (Å²) < 4.78 is 44.1. The summed E-state index contributed by atoms with van der Waals surface area (Å²) in [4.78, 5) is 0. The van der Waals surface area contributed by atoms with Gasteiger partial charge in [0.2, 0.25) is 0 Å². The van der Waals surface area contributed by atoms with Gasteiger partial charge in [-0.05, 0) is 172 Å². The summed E-state index contributed by atoms with van der Waals surface area (Å²) in [7, 11) is 0. The molecule has 2 nitrogen and oxygen atoms in total. The van der Waals surface area contributed by atoms with Crippen molar-refractivity contribution in [3.63, 3.8) is 0 Å². The minimum atomic E-state index is -0.928. The van der Waals surface area contributed by atoms with Crippen LogP contribution in [-0.2, 0) is 16.2 Å². The maximum absolute atomic E-state index is 9.86. The molecule has 0 bridgehead atoms. The lowest BCUT2D eigenvalue weighted by Crippen LogP contribution is -2.61. The van der Waals surface area contributed by atoms with Crippen LogP contribution in [0.2, 0.25) is 0 Å². The molecule has 2 aliphatic carbocycles. The van der Waals surface area contributed by atoms with E-state index in [9.17, 15) is 5.48 Å². The van der Waals surface area contributed by atoms with Crippen molar-refractivity contribution in [1.82, 2.24) is 9.13 Å². The van der Waals surface area contributed by atoms with E-state index < -0.39 is 29.0 Å². The lowest BCUT2D eigenvalue weighted by Gasteiger charge is -2.45. The van der Waals surface area contributed by atoms with Crippen LogP contribution in [0.15, 0.2) is 127 Å². The molecule has 0 unspecified atom stereocenters. The second kappa shape index (κ2) is 13.9. The molecule has 5 heterocycles. The van der Waals surface area contributed by atoms with Crippen molar-refractivity contribution in [2.75, 3.05) is 0 Å². The molecule has 0 radical (unpaired) electrons. The van der Waals surface area contributed by atoms with E-state index in [1.807, 2.05) is 55.4 Å². The van der Waals surface area contributed by atoms with E-state index in [2.05, 4.69) is 164 Å². The van der Waals surface area contributed by atoms with E-state index in [-0.39, 0.29) is 17.5 Å². The number of aromatic nitrogens is 2. The third-order valence-electron chi connectivity index (χ3n) is 18.8. The molecule has 8 aromatic carbocycles. The van der Waals surface area contributed by atoms with Gasteiger partial charge in [0, 0.05) is 49.3 Å². The fraction of sp³-hybridized carbons (Fsp3) is 0.304. The Hall–Kier alpha value is -6.58. The van der Waals surface area contributed by atoms with E-state index in [4.69, 9.17) is 0 Å². The molecule has 0 saturated heterocycles. The average Bonchev–Trinajstić information content (AvgIpc) is 2.87. The number of hydrogen-bond donors (Lipinski definition) is 0. The third kappa shape index (κ3) is 5.09. The Morgan fingerprint density at radius 2 is 0.958 bits per heavy atom. The van der Waals surface area contributed by atoms with Gasteiger partial charge in [0.1, 0.15) is 0 Å². The van der Waals surface area contributed by atoms with Crippen molar-refractivity contribution in [1.29, 1.82) is 0 Å². The summed E-state index contributed by atoms with van der Waals surface area (Å²) in [6.45, 7) is 25.5. The highest BCUT2D eigenvalue weighted by atomic mass is 15.1. The smallest absolute Gasteiger partial charge is 0.252 e. The molecular formula is C69H65BN2. The van der Waals surface area contributed by atoms with Gasteiger partial charge >= 0.3 is 0 Å². The summed E-state index contributed by atoms with van der Waals surface area (Å²) in [5, 5.41) is 4.45. The van der Waals surface area contributed by atoms with Crippen LogP contribution >= 0.6 is 0 Å². The third-order valence-corrected chi connectivity index (χ3v) is 18.8. The van der Waals surface area contributed by atoms with Crippen LogP contribution in [-0.4, -0.2) is 15.8 Å². The SMILES string of the molecule is [2H]C(C)(C)c1ccc2c(c1)c1cc(C([2H])(C)C)cc3c1n2-c1c(-c2ccc4c(c2)C(C)(C)CCC4(C)C)cc2c4c1B3c1cc(C([2H])(C)C)cc3c5cc(C([2H])(C)C)cc(c5n-4c13)C21c2ccccc2-c2ccccc21. The zero-order chi connectivity index (χ0) is 53.1. The maximum atomic E-state index is 9.86. The van der Waals surface area contributed by atoms with E-state index >= 15 is 0 Å². The lowest BCUT2D eigenvalue weighted by molar-refractivity contribution is 0.332. The molecule has 3 heteroatoms. The van der Waals surface area contributed by atoms with Crippen LogP contribution in [0.25, 0.3) is 77.2 Å². The van der Waals surface area contributed by atoms with Gasteiger partial charge in [0.25, 0.3) is 6.71 Å². The Morgan fingerprint density at radius 3 is 1.57 bits per heavy atom. The van der Waals surface area contributed by atoms with Gasteiger partial charge in [0.15, 0.2) is 0 Å². The summed E-state index contributed by atoms with van der Waals surface area (Å²) in [5.74, 6) is -3.60. The molecule has 3 aliphatic heterocycles. The Balaban J connectivity index is 1.25. The van der Waals surface area contributed by atoms with E-state index in [0.29, 0.717) is 0 Å². The van der Waals surface area contributed by atoms with Crippen molar-refractivity contribution in [2.45, 2.75) is 136 Å². The van der Waals surface area contributed by atoms with Crippen LogP contribution in [0.1, 0.15) is 181 Å². The van der Waals surface area contributed by atoms with Crippen molar-refractivity contribution < 1.29 is 5.48 Å². The first-order valence-corrected chi connectivity index (χ1v) is 26.6. The minimum absolute atomic E-state index is 0.0333. The molecule has 1 spiro atoms. The van der Waals surface area contributed by atoms with Gasteiger partial charge in [-0.25, -0.2) is 0 Å². The van der Waals surface area contributed by atoms with Crippen LogP contribution in [0.3, 0.4) is 0 Å². The summed E-state index contributed by atoms with van der Waals surface area (Å²) in [5.41, 5.74) is 26.3. The van der Waals surface area contributed by atoms with Gasteiger partial charge in [-0.1, -0.05) is 174 Å². The molecule has 354 valence electrons. The first-order chi connectivity index (χ1) is 35.7. The Morgan fingerprint density at radius 1 is 0.431 bits per heavy atom. The number of rotatable bonds is 5. The Kier molecular flexibility index (Phi) is 7.55. The number of fused-ring (bicyclic) bond motifs is 15. The summed E-state index contributed by atoms with van der Waals surface area (Å²) in [6, 6.07) is 49.1. The average molecular weight is 937 g/mol. The fourth-order valence-electron chi connectivity index (χ4n) is 15.0. The van der Waals surface area contributed by atoms with Crippen LogP contribution in [0, 0.1) is 0 Å². The highest BCUT2D eigenvalue weighted by Crippen LogP contribution is 2.63. The number of hydrogen-bond acceptors (Lipinski definition) is 0. The molecule has 0 fully saturated rings. The van der Waals surface area contributed by atoms with Crippen LogP contribution < -0.4 is 16.4 Å². The topological polar surface area (TPSA) is 9.86 Å². The maximum Gasteiger partial charge on any atom is 0.252 e. The zero-order valence-electron chi connectivity index (χ0n) is 48.0. The lowest BCUT2D eigenvalue weighted by atomic mass is 9.33. The predicted octanol–water partition coefficient (Wildman–Crippen LogP) is 16.2. The highest BCUT2D eigenvalue weighted by molar-refractivity contribution is 7.00. The summed E-state index contributed by atoms with van der Waals surface area (Å²) >= 11 is 0. The van der Waals surface area contributed by atoms with Gasteiger partial charge in [-0.15, -0.1) is 0 Å². The summed E-state index contributed by atoms with van der Waals surface area (Å²) in [6.07, 6.45) is 2.24. The second-order valence-corrected chi connectivity index (χ2v) is 24.6. The number of nitrogens with zero attached hydrogens (tertiary/aromatic N) is 2. The standard InChI is InChI=1S/C69H65BN2/c1-36(2)40-22-24-60-48(27-40)49-29-43(38(5)6)33-58-63(49)71(60)65-47(41-21-23-54-55(31-41)68(11,12)26-25-67(54,9)10)35-57-66-61(65)70(58)59-34-44(39(7)8)30-51-50-28-42(37(3)4)32-56(62(50)72(66)64(51)59)69(57)52-19-15-13-17-45(52)46-18-14-16-20-53(46)69/h13-24,27-39H,25-26H2,1-12H3/i36D,37D,38D,39D. The molecule has 0 saturated carbocycles. The van der Waals surface area contributed by atoms with Crippen molar-refractivity contribution >= 4 is 66.7 Å². The van der Waals surface area contributed by atoms with Gasteiger partial charge < -0.3 is 9.13 Å². The van der Waals surface area contributed by atoms with Crippen molar-refractivity contribution in [3.05, 3.63) is 183 Å². The molecule has 10 aromatic rings. The van der Waals surface area contributed by atoms with Crippen LogP contribution in [0.5, 0.6) is 0 Å². The molecule has 0 atom stereocenters. The quantitative estimate of drug-likeness (QED) is 0.152. The Bertz CT molecular complexity index is 4300. The minimum Gasteiger partial charge on any atom is -0.310 e. The first-order valence-electron chi connectivity index (χ1n) is 28.6. The second-order valence-electron chi connectivity index (χ2n) is 24.6. The highest BCUT2D eigenvalue weighted by Gasteiger charge is 2.55. The van der Waals surface area contributed by atoms with Gasteiger partial charge in [0.05, 0.1) is 22.1 Å².